The van der Waals surface area contributed by atoms with Gasteiger partial charge in [0.2, 0.25) is 5.79 Å². The van der Waals surface area contributed by atoms with E-state index in [4.69, 9.17) is 23.7 Å². The maximum Gasteiger partial charge on any atom is 0.329 e. The summed E-state index contributed by atoms with van der Waals surface area (Å²) in [6.45, 7) is 10.8. The highest BCUT2D eigenvalue weighted by molar-refractivity contribution is 6.39. The lowest BCUT2D eigenvalue weighted by Gasteiger charge is -2.50. The van der Waals surface area contributed by atoms with Gasteiger partial charge in [0.15, 0.2) is 5.78 Å². The predicted molar refractivity (Wildman–Crippen MR) is 270 cm³/mol. The quantitative estimate of drug-likeness (QED) is 0.0314. The van der Waals surface area contributed by atoms with Crippen molar-refractivity contribution in [2.75, 3.05) is 27.9 Å². The molecule has 1 amide bonds. The Morgan fingerprint density at radius 2 is 1.68 bits per heavy atom. The first-order chi connectivity index (χ1) is 34.3. The van der Waals surface area contributed by atoms with Gasteiger partial charge in [-0.25, -0.2) is 4.79 Å². The number of benzene rings is 1. The molecule has 15 heteroatoms. The van der Waals surface area contributed by atoms with Crippen molar-refractivity contribution in [3.63, 3.8) is 0 Å². The number of Topliss-reactive ketones (excluding diaryl/α,β-unsaturated/α-hetero) is 3. The second-order valence-corrected chi connectivity index (χ2v) is 21.0. The van der Waals surface area contributed by atoms with Gasteiger partial charge < -0.3 is 43.9 Å². The van der Waals surface area contributed by atoms with Crippen molar-refractivity contribution < 1.29 is 67.8 Å². The number of allylic oxidation sites excluding steroid dienone is 7. The van der Waals surface area contributed by atoms with Crippen molar-refractivity contribution in [2.45, 2.75) is 167 Å². The number of aliphatic hydroxyl groups is 3. The second kappa shape index (κ2) is 27.2. The molecule has 3 aliphatic heterocycles. The Morgan fingerprint density at radius 1 is 0.958 bits per heavy atom. The zero-order chi connectivity index (χ0) is 52.9. The Hall–Kier alpha value is -4.48. The maximum absolute atomic E-state index is 14.5. The van der Waals surface area contributed by atoms with E-state index < -0.39 is 83.9 Å². The number of methoxy groups -OCH3 is 3. The summed E-state index contributed by atoms with van der Waals surface area (Å²) >= 11 is 0. The first kappa shape index (κ1) is 58.4. The highest BCUT2D eigenvalue weighted by Gasteiger charge is 2.57. The lowest BCUT2D eigenvalue weighted by atomic mass is 9.68. The van der Waals surface area contributed by atoms with Crippen molar-refractivity contribution in [1.82, 2.24) is 4.90 Å². The first-order valence-corrected chi connectivity index (χ1v) is 25.9. The van der Waals surface area contributed by atoms with E-state index in [1.54, 1.807) is 65.3 Å². The molecule has 398 valence electrons. The zero-order valence-electron chi connectivity index (χ0n) is 43.9. The van der Waals surface area contributed by atoms with Crippen molar-refractivity contribution in [3.8, 4) is 0 Å². The average Bonchev–Trinajstić information content (AvgIpc) is 3.37. The molecule has 4 aliphatic rings. The summed E-state index contributed by atoms with van der Waals surface area (Å²) in [6, 6.07) is 7.87. The van der Waals surface area contributed by atoms with Crippen LogP contribution >= 0.6 is 0 Å². The van der Waals surface area contributed by atoms with Crippen LogP contribution < -0.4 is 0 Å². The number of piperidine rings is 1. The first-order valence-electron chi connectivity index (χ1n) is 25.9. The second-order valence-electron chi connectivity index (χ2n) is 21.0. The minimum absolute atomic E-state index is 0.0557. The predicted octanol–water partition coefficient (Wildman–Crippen LogP) is 6.96. The van der Waals surface area contributed by atoms with Crippen molar-refractivity contribution >= 4 is 35.5 Å². The van der Waals surface area contributed by atoms with Crippen LogP contribution in [0.5, 0.6) is 0 Å². The van der Waals surface area contributed by atoms with Gasteiger partial charge in [-0.1, -0.05) is 94.5 Å². The van der Waals surface area contributed by atoms with Crippen molar-refractivity contribution in [2.24, 2.45) is 41.4 Å². The highest BCUT2D eigenvalue weighted by Crippen LogP contribution is 2.45. The van der Waals surface area contributed by atoms with Gasteiger partial charge >= 0.3 is 5.97 Å². The van der Waals surface area contributed by atoms with E-state index in [2.05, 4.69) is 0 Å². The standard InChI is InChI=1S/C57H81NO14/c1-34(27-38(5)51(62)53(70-9)52(63)41-19-14-11-15-20-41)17-12-10-13-18-36(3)47(68-7)31-42-24-22-39(6)57(67,72-42)54(64)55(65)58-26-16-21-43-44(29-40-23-25-45(60)49(30-40)69-8)48(71-56(66)50(43)58)32-46(61)37(4)28-35(2)33-59/h10-15,17-20,28,33-34,37-40,42-45,47-50,52-53,60,63,67H,16,21-27,29-32H2,1-9H3/b13-10+,17-12+,35-28+,36-18+/t34-,37-,38-,39-,40+,42+,43?,44+,45-,47+,48?,49-,50+,52?,53?,57-/m1/s1. The molecule has 1 aliphatic carbocycles. The van der Waals surface area contributed by atoms with E-state index in [0.29, 0.717) is 75.2 Å². The van der Waals surface area contributed by atoms with Crippen LogP contribution in [0.3, 0.4) is 0 Å². The zero-order valence-corrected chi connectivity index (χ0v) is 43.9. The lowest BCUT2D eigenvalue weighted by molar-refractivity contribution is -0.266. The molecule has 0 bridgehead atoms. The van der Waals surface area contributed by atoms with E-state index in [1.165, 1.54) is 12.0 Å². The third kappa shape index (κ3) is 14.6. The lowest BCUT2D eigenvalue weighted by Crippen LogP contribution is -2.65. The Bertz CT molecular complexity index is 2130. The fraction of sp³-hybridized carbons (Fsp3) is 0.649. The largest absolute Gasteiger partial charge is 0.460 e. The van der Waals surface area contributed by atoms with Crippen LogP contribution in [-0.4, -0.2) is 132 Å². The third-order valence-corrected chi connectivity index (χ3v) is 15.8. The summed E-state index contributed by atoms with van der Waals surface area (Å²) < 4.78 is 29.2. The van der Waals surface area contributed by atoms with E-state index in [0.717, 1.165) is 5.57 Å². The Morgan fingerprint density at radius 3 is 2.35 bits per heavy atom. The average molecular weight is 1000 g/mol. The van der Waals surface area contributed by atoms with E-state index in [9.17, 15) is 44.1 Å². The molecule has 72 heavy (non-hydrogen) atoms. The number of fused-ring (bicyclic) bond motifs is 1. The molecule has 4 fully saturated rings. The van der Waals surface area contributed by atoms with Crippen molar-refractivity contribution in [1.29, 1.82) is 0 Å². The molecule has 16 atom stereocenters. The van der Waals surface area contributed by atoms with Gasteiger partial charge in [-0.3, -0.25) is 24.0 Å². The molecule has 1 aromatic carbocycles. The number of aliphatic hydroxyl groups excluding tert-OH is 2. The summed E-state index contributed by atoms with van der Waals surface area (Å²) in [6.07, 6.45) is 11.9. The van der Waals surface area contributed by atoms with E-state index >= 15 is 0 Å². The van der Waals surface area contributed by atoms with Gasteiger partial charge in [0.1, 0.15) is 36.4 Å². The minimum Gasteiger partial charge on any atom is -0.460 e. The van der Waals surface area contributed by atoms with Crippen LogP contribution in [0.1, 0.15) is 124 Å². The number of nitrogens with zero attached hydrogens (tertiary/aromatic N) is 1. The van der Waals surface area contributed by atoms with Crippen LogP contribution in [0.25, 0.3) is 0 Å². The molecule has 1 saturated carbocycles. The fourth-order valence-electron chi connectivity index (χ4n) is 11.4. The number of hydrogen-bond donors (Lipinski definition) is 3. The van der Waals surface area contributed by atoms with Crippen molar-refractivity contribution in [3.05, 3.63) is 83.5 Å². The number of likely N-dealkylation sites (tertiary alicyclic amines) is 1. The molecule has 15 nitrogen and oxygen atoms in total. The van der Waals surface area contributed by atoms with Gasteiger partial charge in [-0.2, -0.15) is 0 Å². The highest BCUT2D eigenvalue weighted by atomic mass is 16.6. The van der Waals surface area contributed by atoms with Gasteiger partial charge in [0.05, 0.1) is 24.4 Å². The minimum atomic E-state index is -2.47. The molecule has 0 spiro atoms. The van der Waals surface area contributed by atoms with Crippen LogP contribution in [0.15, 0.2) is 77.9 Å². The van der Waals surface area contributed by atoms with E-state index in [1.807, 2.05) is 57.2 Å². The van der Waals surface area contributed by atoms with Gasteiger partial charge in [-0.05, 0) is 106 Å². The van der Waals surface area contributed by atoms with Gasteiger partial charge in [0.25, 0.3) is 11.7 Å². The molecule has 3 N–H and O–H groups in total. The van der Waals surface area contributed by atoms with Gasteiger partial charge in [-0.15, -0.1) is 0 Å². The number of aldehydes is 1. The van der Waals surface area contributed by atoms with Gasteiger partial charge in [0, 0.05) is 64.4 Å². The maximum atomic E-state index is 14.5. The van der Waals surface area contributed by atoms with Crippen LogP contribution in [0, 0.1) is 41.4 Å². The molecule has 5 rings (SSSR count). The monoisotopic (exact) mass is 1000 g/mol. The number of hydrogen-bond acceptors (Lipinski definition) is 14. The van der Waals surface area contributed by atoms with Crippen LogP contribution in [-0.2, 0) is 52.5 Å². The molecule has 3 heterocycles. The molecular formula is C57H81NO14. The number of ketones is 3. The Labute approximate surface area is 426 Å². The number of esters is 1. The SMILES string of the molecule is COC(C(=O)[C@H](C)C[C@H](C)/C=C/C=C/C=C(\C)[C@H](C[C@@H]1CC[C@@H](C)[C@](O)(C(=O)C(=O)N2CCCC3[C@H](C[C@@H]4CC[C@@H](O)[C@H](OC)C4)C(CC(=O)[C@H](C)/C=C(\C)C=O)OC(=O)[C@H]32)O1)OC)C(O)c1ccccc1. The third-order valence-electron chi connectivity index (χ3n) is 15.8. The molecule has 1 aromatic rings. The molecule has 0 aromatic heterocycles. The number of rotatable bonds is 24. The van der Waals surface area contributed by atoms with E-state index in [-0.39, 0.29) is 60.7 Å². The Balaban J connectivity index is 1.23. The summed E-state index contributed by atoms with van der Waals surface area (Å²) in [5, 5.41) is 33.5. The van der Waals surface area contributed by atoms with Crippen LogP contribution in [0.2, 0.25) is 0 Å². The topological polar surface area (TPSA) is 212 Å². The molecule has 3 saturated heterocycles. The molecule has 4 unspecified atom stereocenters. The number of ether oxygens (including phenoxy) is 5. The molecular weight excluding hydrogens is 923 g/mol. The van der Waals surface area contributed by atoms with Crippen LogP contribution in [0.4, 0.5) is 0 Å². The Kier molecular flexibility index (Phi) is 22.0. The number of carbonyl (C=O) groups excluding carboxylic acids is 6. The summed E-state index contributed by atoms with van der Waals surface area (Å²) in [5.41, 5.74) is 1.89. The normalized spacial score (nSPS) is 31.0. The number of cyclic esters (lactones) is 1. The summed E-state index contributed by atoms with van der Waals surface area (Å²) in [7, 11) is 4.56. The summed E-state index contributed by atoms with van der Waals surface area (Å²) in [4.78, 5) is 82.4. The fourth-order valence-corrected chi connectivity index (χ4v) is 11.4. The molecule has 0 radical (unpaired) electrons. The number of amides is 1. The summed E-state index contributed by atoms with van der Waals surface area (Å²) in [5.74, 6) is -8.08. The number of carbonyl (C=O) groups is 6. The smallest absolute Gasteiger partial charge is 0.329 e.